The van der Waals surface area contributed by atoms with Crippen LogP contribution in [-0.4, -0.2) is 26.8 Å². The fraction of sp³-hybridized carbons (Fsp3) is 0.211. The Hall–Kier alpha value is -2.46. The number of hydrogen-bond acceptors (Lipinski definition) is 4. The van der Waals surface area contributed by atoms with Crippen LogP contribution in [0.25, 0.3) is 5.57 Å². The number of methoxy groups -OCH3 is 2. The number of carbonyl (C=O) groups is 1. The smallest absolute Gasteiger partial charge is 0.331 e. The molecule has 0 aliphatic rings. The van der Waals surface area contributed by atoms with Gasteiger partial charge in [0.05, 0.1) is 20.8 Å². The molecule has 0 bridgehead atoms. The van der Waals surface area contributed by atoms with Crippen molar-refractivity contribution < 1.29 is 19.0 Å². The van der Waals surface area contributed by atoms with Crippen LogP contribution >= 0.6 is 11.6 Å². The summed E-state index contributed by atoms with van der Waals surface area (Å²) in [6.07, 6.45) is 1.45. The standard InChI is InChI=1S/C19H19ClO4/c1-4-24-19(21)12-16(13-6-5-7-15(20)10-13)14-8-9-17(22-2)18(11-14)23-3/h5-12H,4H2,1-3H3. The summed E-state index contributed by atoms with van der Waals surface area (Å²) in [5.41, 5.74) is 2.29. The number of carbonyl (C=O) groups excluding carboxylic acids is 1. The Morgan fingerprint density at radius 3 is 2.38 bits per heavy atom. The highest BCUT2D eigenvalue weighted by Gasteiger charge is 2.12. The van der Waals surface area contributed by atoms with E-state index in [2.05, 4.69) is 0 Å². The molecule has 0 unspecified atom stereocenters. The second kappa shape index (κ2) is 8.41. The number of ether oxygens (including phenoxy) is 3. The molecule has 0 heterocycles. The maximum absolute atomic E-state index is 12.0. The molecule has 0 spiro atoms. The molecule has 24 heavy (non-hydrogen) atoms. The molecule has 0 radical (unpaired) electrons. The van der Waals surface area contributed by atoms with Gasteiger partial charge in [0, 0.05) is 11.1 Å². The van der Waals surface area contributed by atoms with Crippen molar-refractivity contribution in [1.29, 1.82) is 0 Å². The van der Waals surface area contributed by atoms with Crippen molar-refractivity contribution in [3.05, 3.63) is 64.7 Å². The first kappa shape index (κ1) is 17.9. The van der Waals surface area contributed by atoms with Gasteiger partial charge in [-0.3, -0.25) is 0 Å². The van der Waals surface area contributed by atoms with Gasteiger partial charge in [0.1, 0.15) is 0 Å². The predicted octanol–water partition coefficient (Wildman–Crippen LogP) is 4.35. The fourth-order valence-electron chi connectivity index (χ4n) is 2.29. The van der Waals surface area contributed by atoms with Crippen molar-refractivity contribution in [3.8, 4) is 11.5 Å². The first-order valence-electron chi connectivity index (χ1n) is 7.45. The van der Waals surface area contributed by atoms with Crippen LogP contribution in [0.4, 0.5) is 0 Å². The van der Waals surface area contributed by atoms with Crippen molar-refractivity contribution in [2.24, 2.45) is 0 Å². The first-order valence-corrected chi connectivity index (χ1v) is 7.83. The molecule has 5 heteroatoms. The van der Waals surface area contributed by atoms with Crippen molar-refractivity contribution in [3.63, 3.8) is 0 Å². The molecule has 126 valence electrons. The normalized spacial score (nSPS) is 11.1. The van der Waals surface area contributed by atoms with Gasteiger partial charge in [-0.15, -0.1) is 0 Å². The van der Waals surface area contributed by atoms with Gasteiger partial charge in [-0.1, -0.05) is 29.8 Å². The third kappa shape index (κ3) is 4.30. The van der Waals surface area contributed by atoms with E-state index in [1.54, 1.807) is 39.3 Å². The summed E-state index contributed by atoms with van der Waals surface area (Å²) in [6, 6.07) is 12.7. The van der Waals surface area contributed by atoms with Crippen LogP contribution in [0.5, 0.6) is 11.5 Å². The van der Waals surface area contributed by atoms with Crippen LogP contribution in [0.15, 0.2) is 48.5 Å². The van der Waals surface area contributed by atoms with E-state index < -0.39 is 5.97 Å². The molecule has 0 aliphatic heterocycles. The molecule has 0 atom stereocenters. The van der Waals surface area contributed by atoms with E-state index in [0.717, 1.165) is 11.1 Å². The van der Waals surface area contributed by atoms with Crippen molar-refractivity contribution in [1.82, 2.24) is 0 Å². The van der Waals surface area contributed by atoms with E-state index in [4.69, 9.17) is 25.8 Å². The van der Waals surface area contributed by atoms with Gasteiger partial charge in [-0.05, 0) is 47.9 Å². The average Bonchev–Trinajstić information content (AvgIpc) is 2.59. The average molecular weight is 347 g/mol. The molecule has 0 aromatic heterocycles. The highest BCUT2D eigenvalue weighted by atomic mass is 35.5. The topological polar surface area (TPSA) is 44.8 Å². The summed E-state index contributed by atoms with van der Waals surface area (Å²) in [5, 5.41) is 0.586. The molecule has 2 rings (SSSR count). The quantitative estimate of drug-likeness (QED) is 0.576. The van der Waals surface area contributed by atoms with Crippen LogP contribution in [-0.2, 0) is 9.53 Å². The fourth-order valence-corrected chi connectivity index (χ4v) is 2.49. The van der Waals surface area contributed by atoms with Crippen LogP contribution in [0.2, 0.25) is 5.02 Å². The Bertz CT molecular complexity index is 753. The van der Waals surface area contributed by atoms with Crippen LogP contribution in [0.3, 0.4) is 0 Å². The maximum atomic E-state index is 12.0. The SMILES string of the molecule is CCOC(=O)C=C(c1cccc(Cl)c1)c1ccc(OC)c(OC)c1. The second-order valence-electron chi connectivity index (χ2n) is 4.89. The molecule has 0 aliphatic carbocycles. The summed E-state index contributed by atoms with van der Waals surface area (Å²) >= 11 is 6.09. The number of halogens is 1. The van der Waals surface area contributed by atoms with E-state index in [1.807, 2.05) is 24.3 Å². The van der Waals surface area contributed by atoms with Gasteiger partial charge >= 0.3 is 5.97 Å². The Balaban J connectivity index is 2.56. The van der Waals surface area contributed by atoms with Crippen molar-refractivity contribution in [2.75, 3.05) is 20.8 Å². The summed E-state index contributed by atoms with van der Waals surface area (Å²) in [7, 11) is 3.14. The lowest BCUT2D eigenvalue weighted by Gasteiger charge is -2.13. The maximum Gasteiger partial charge on any atom is 0.331 e. The van der Waals surface area contributed by atoms with Gasteiger partial charge < -0.3 is 14.2 Å². The lowest BCUT2D eigenvalue weighted by molar-refractivity contribution is -0.137. The molecule has 2 aromatic rings. The van der Waals surface area contributed by atoms with Crippen LogP contribution < -0.4 is 9.47 Å². The minimum Gasteiger partial charge on any atom is -0.493 e. The van der Waals surface area contributed by atoms with E-state index in [9.17, 15) is 4.79 Å². The third-order valence-electron chi connectivity index (χ3n) is 3.38. The van der Waals surface area contributed by atoms with Crippen molar-refractivity contribution >= 4 is 23.1 Å². The molecule has 0 fully saturated rings. The zero-order valence-electron chi connectivity index (χ0n) is 13.8. The van der Waals surface area contributed by atoms with Crippen LogP contribution in [0.1, 0.15) is 18.1 Å². The minimum atomic E-state index is -0.415. The first-order chi connectivity index (χ1) is 11.6. The molecule has 0 amide bonds. The van der Waals surface area contributed by atoms with Gasteiger partial charge in [0.15, 0.2) is 11.5 Å². The Labute approximate surface area is 146 Å². The molecule has 0 saturated heterocycles. The van der Waals surface area contributed by atoms with Gasteiger partial charge in [0.25, 0.3) is 0 Å². The second-order valence-corrected chi connectivity index (χ2v) is 5.33. The van der Waals surface area contributed by atoms with E-state index in [1.165, 1.54) is 6.08 Å². The van der Waals surface area contributed by atoms with Gasteiger partial charge in [-0.25, -0.2) is 4.79 Å². The van der Waals surface area contributed by atoms with Crippen LogP contribution in [0, 0.1) is 0 Å². The number of rotatable bonds is 6. The summed E-state index contributed by atoms with van der Waals surface area (Å²) in [6.45, 7) is 2.07. The number of esters is 1. The summed E-state index contributed by atoms with van der Waals surface area (Å²) in [4.78, 5) is 12.0. The Morgan fingerprint density at radius 1 is 1.04 bits per heavy atom. The zero-order chi connectivity index (χ0) is 17.5. The predicted molar refractivity (Wildman–Crippen MR) is 94.7 cm³/mol. The molecule has 0 saturated carbocycles. The number of benzene rings is 2. The molecular weight excluding hydrogens is 328 g/mol. The highest BCUT2D eigenvalue weighted by Crippen LogP contribution is 2.33. The number of hydrogen-bond donors (Lipinski definition) is 0. The zero-order valence-corrected chi connectivity index (χ0v) is 14.6. The third-order valence-corrected chi connectivity index (χ3v) is 3.61. The molecule has 0 N–H and O–H groups in total. The largest absolute Gasteiger partial charge is 0.493 e. The van der Waals surface area contributed by atoms with E-state index in [0.29, 0.717) is 28.7 Å². The van der Waals surface area contributed by atoms with E-state index in [-0.39, 0.29) is 0 Å². The van der Waals surface area contributed by atoms with Crippen molar-refractivity contribution in [2.45, 2.75) is 6.92 Å². The summed E-state index contributed by atoms with van der Waals surface area (Å²) in [5.74, 6) is 0.775. The molecule has 2 aromatic carbocycles. The lowest BCUT2D eigenvalue weighted by Crippen LogP contribution is -2.02. The Morgan fingerprint density at radius 2 is 1.75 bits per heavy atom. The van der Waals surface area contributed by atoms with E-state index >= 15 is 0 Å². The monoisotopic (exact) mass is 346 g/mol. The lowest BCUT2D eigenvalue weighted by atomic mass is 9.97. The minimum absolute atomic E-state index is 0.310. The van der Waals surface area contributed by atoms with Gasteiger partial charge in [0.2, 0.25) is 0 Å². The highest BCUT2D eigenvalue weighted by molar-refractivity contribution is 6.30. The summed E-state index contributed by atoms with van der Waals surface area (Å²) < 4.78 is 15.6. The molecule has 4 nitrogen and oxygen atoms in total. The molecular formula is C19H19ClO4. The Kier molecular flexibility index (Phi) is 6.27. The van der Waals surface area contributed by atoms with Gasteiger partial charge in [-0.2, -0.15) is 0 Å².